The van der Waals surface area contributed by atoms with Crippen LogP contribution >= 0.6 is 0 Å². The van der Waals surface area contributed by atoms with Gasteiger partial charge in [-0.25, -0.2) is 9.97 Å². The molecular weight excluding hydrogens is 412 g/mol. The zero-order chi connectivity index (χ0) is 22.4. The van der Waals surface area contributed by atoms with Crippen molar-refractivity contribution in [2.24, 2.45) is 0 Å². The van der Waals surface area contributed by atoms with E-state index >= 15 is 0 Å². The van der Waals surface area contributed by atoms with Crippen molar-refractivity contribution in [3.63, 3.8) is 0 Å². The molecule has 33 heavy (non-hydrogen) atoms. The van der Waals surface area contributed by atoms with Gasteiger partial charge in [0.15, 0.2) is 11.5 Å². The number of nitrogens with one attached hydrogen (secondary N) is 2. The minimum Gasteiger partial charge on any atom is -0.373 e. The lowest BCUT2D eigenvalue weighted by molar-refractivity contribution is 0.319. The first-order chi connectivity index (χ1) is 16.2. The number of aromatic nitrogens is 6. The number of H-pyrrole nitrogens is 2. The number of hydrogen-bond acceptors (Lipinski definition) is 6. The lowest BCUT2D eigenvalue weighted by atomic mass is 10.1. The van der Waals surface area contributed by atoms with Gasteiger partial charge in [-0.1, -0.05) is 6.07 Å². The van der Waals surface area contributed by atoms with Crippen molar-refractivity contribution in [3.8, 4) is 22.8 Å². The number of benzene rings is 1. The van der Waals surface area contributed by atoms with Crippen LogP contribution in [0.5, 0.6) is 0 Å². The highest BCUT2D eigenvalue weighted by molar-refractivity contribution is 5.94. The zero-order valence-electron chi connectivity index (χ0n) is 18.8. The second-order valence-electron chi connectivity index (χ2n) is 8.87. The molecule has 0 atom stereocenters. The molecule has 1 aromatic carbocycles. The molecule has 0 fully saturated rings. The van der Waals surface area contributed by atoms with Crippen LogP contribution in [-0.2, 0) is 6.54 Å². The molecule has 0 amide bonds. The molecule has 0 aliphatic carbocycles. The quantitative estimate of drug-likeness (QED) is 0.376. The van der Waals surface area contributed by atoms with E-state index in [1.165, 1.54) is 5.56 Å². The number of rotatable bonds is 0. The van der Waals surface area contributed by atoms with Gasteiger partial charge in [0.1, 0.15) is 11.0 Å². The smallest absolute Gasteiger partial charge is 0.161 e. The first-order valence-electron chi connectivity index (χ1n) is 11.3. The van der Waals surface area contributed by atoms with Crippen molar-refractivity contribution in [1.82, 2.24) is 35.0 Å². The van der Waals surface area contributed by atoms with E-state index in [9.17, 15) is 0 Å². The fraction of sp³-hybridized carbons (Fsp3) is 0.280. The Morgan fingerprint density at radius 2 is 1.82 bits per heavy atom. The maximum Gasteiger partial charge on any atom is 0.161 e. The molecule has 5 heterocycles. The van der Waals surface area contributed by atoms with Gasteiger partial charge in [-0.15, -0.1) is 0 Å². The number of imidazole rings is 1. The van der Waals surface area contributed by atoms with Gasteiger partial charge < -0.3 is 14.8 Å². The molecule has 6 bridgehead atoms. The van der Waals surface area contributed by atoms with Crippen LogP contribution in [0.3, 0.4) is 0 Å². The van der Waals surface area contributed by atoms with E-state index in [-0.39, 0.29) is 0 Å². The number of aromatic amines is 2. The van der Waals surface area contributed by atoms with Gasteiger partial charge in [0.2, 0.25) is 0 Å². The normalized spacial score (nSPS) is 15.4. The molecule has 5 aromatic rings. The number of nitrogens with zero attached hydrogens (tertiary/aromatic N) is 6. The predicted molar refractivity (Wildman–Crippen MR) is 131 cm³/mol. The van der Waals surface area contributed by atoms with E-state index in [4.69, 9.17) is 9.97 Å². The molecular formula is C25H26N8. The largest absolute Gasteiger partial charge is 0.373 e. The molecule has 6 rings (SSSR count). The van der Waals surface area contributed by atoms with E-state index in [1.54, 1.807) is 0 Å². The molecule has 8 heteroatoms. The summed E-state index contributed by atoms with van der Waals surface area (Å²) in [7, 11) is 4.31. The van der Waals surface area contributed by atoms with E-state index in [1.807, 2.05) is 24.5 Å². The summed E-state index contributed by atoms with van der Waals surface area (Å²) in [6, 6.07) is 12.5. The molecule has 0 saturated carbocycles. The Bertz CT molecular complexity index is 1450. The lowest BCUT2D eigenvalue weighted by Gasteiger charge is -2.21. The van der Waals surface area contributed by atoms with Crippen LogP contribution in [0.1, 0.15) is 18.4 Å². The van der Waals surface area contributed by atoms with Crippen LogP contribution in [0.25, 0.3) is 44.8 Å². The van der Waals surface area contributed by atoms with Crippen molar-refractivity contribution in [2.45, 2.75) is 19.4 Å². The van der Waals surface area contributed by atoms with Gasteiger partial charge in [-0.3, -0.25) is 10.1 Å². The second kappa shape index (κ2) is 7.97. The van der Waals surface area contributed by atoms with Crippen LogP contribution < -0.4 is 4.90 Å². The van der Waals surface area contributed by atoms with E-state index < -0.39 is 0 Å². The van der Waals surface area contributed by atoms with E-state index in [0.29, 0.717) is 0 Å². The lowest BCUT2D eigenvalue weighted by Crippen LogP contribution is -2.22. The van der Waals surface area contributed by atoms with Crippen LogP contribution in [-0.4, -0.2) is 62.2 Å². The summed E-state index contributed by atoms with van der Waals surface area (Å²) in [4.78, 5) is 22.5. The summed E-state index contributed by atoms with van der Waals surface area (Å²) in [5, 5.41) is 7.66. The molecule has 4 aromatic heterocycles. The van der Waals surface area contributed by atoms with Crippen molar-refractivity contribution >= 4 is 27.8 Å². The van der Waals surface area contributed by atoms with Gasteiger partial charge in [-0.2, -0.15) is 5.10 Å². The highest BCUT2D eigenvalue weighted by atomic mass is 15.2. The highest BCUT2D eigenvalue weighted by Gasteiger charge is 2.18. The molecule has 0 radical (unpaired) electrons. The fourth-order valence-corrected chi connectivity index (χ4v) is 4.62. The van der Waals surface area contributed by atoms with Crippen molar-refractivity contribution in [3.05, 3.63) is 54.4 Å². The third kappa shape index (κ3) is 3.62. The molecule has 1 aliphatic heterocycles. The monoisotopic (exact) mass is 438 g/mol. The minimum atomic E-state index is 0.719. The van der Waals surface area contributed by atoms with Crippen LogP contribution in [0, 0.1) is 0 Å². The Morgan fingerprint density at radius 3 is 2.76 bits per heavy atom. The van der Waals surface area contributed by atoms with Gasteiger partial charge in [-0.05, 0) is 62.3 Å². The third-order valence-corrected chi connectivity index (χ3v) is 6.36. The maximum atomic E-state index is 4.96. The Balaban J connectivity index is 1.53. The molecule has 0 spiro atoms. The standard InChI is InChI=1S/C25H26N8/c1-32-10-3-4-11-33(2)21-7-5-6-19-22(21)29-25(28-19)24-23-20(30-31-24)9-8-18(27-23)17-12-16(15-32)13-26-14-17/h5-9,12-14H,3-4,10-11,15H2,1-2H3,(H,28,29)(H,30,31). The molecule has 2 N–H and O–H groups in total. The van der Waals surface area contributed by atoms with Gasteiger partial charge >= 0.3 is 0 Å². The van der Waals surface area contributed by atoms with Gasteiger partial charge in [0, 0.05) is 38.1 Å². The SMILES string of the molecule is CN1CCCCN(C)c2cccc3[nH]c(nc23)-c2n[nH]c3ccc(nc23)-c2cncc(c2)C1. The van der Waals surface area contributed by atoms with Crippen molar-refractivity contribution in [2.75, 3.05) is 32.1 Å². The number of para-hydroxylation sites is 1. The average Bonchev–Trinajstić information content (AvgIpc) is 3.44. The van der Waals surface area contributed by atoms with Gasteiger partial charge in [0.05, 0.1) is 22.4 Å². The maximum absolute atomic E-state index is 4.96. The summed E-state index contributed by atoms with van der Waals surface area (Å²) in [6.45, 7) is 2.88. The Hall–Kier alpha value is -3.78. The molecule has 1 aliphatic rings. The first kappa shape index (κ1) is 19.9. The Labute approximate surface area is 191 Å². The summed E-state index contributed by atoms with van der Waals surface area (Å²) in [5.74, 6) is 0.719. The fourth-order valence-electron chi connectivity index (χ4n) is 4.62. The molecule has 166 valence electrons. The first-order valence-corrected chi connectivity index (χ1v) is 11.3. The van der Waals surface area contributed by atoms with Gasteiger partial charge in [0.25, 0.3) is 0 Å². The minimum absolute atomic E-state index is 0.719. The number of hydrogen-bond donors (Lipinski definition) is 2. The highest BCUT2D eigenvalue weighted by Crippen LogP contribution is 2.31. The van der Waals surface area contributed by atoms with Crippen LogP contribution in [0.2, 0.25) is 0 Å². The van der Waals surface area contributed by atoms with Crippen LogP contribution in [0.4, 0.5) is 5.69 Å². The number of pyridine rings is 2. The summed E-state index contributed by atoms with van der Waals surface area (Å²) in [5.41, 5.74) is 8.54. The Morgan fingerprint density at radius 1 is 0.909 bits per heavy atom. The van der Waals surface area contributed by atoms with Crippen LogP contribution in [0.15, 0.2) is 48.8 Å². The topological polar surface area (TPSA) is 89.6 Å². The summed E-state index contributed by atoms with van der Waals surface area (Å²) < 4.78 is 0. The molecule has 0 saturated heterocycles. The summed E-state index contributed by atoms with van der Waals surface area (Å²) >= 11 is 0. The summed E-state index contributed by atoms with van der Waals surface area (Å²) in [6.07, 6.45) is 6.06. The number of fused-ring (bicyclic) bond motifs is 6. The van der Waals surface area contributed by atoms with Crippen molar-refractivity contribution in [1.29, 1.82) is 0 Å². The van der Waals surface area contributed by atoms with Crippen molar-refractivity contribution < 1.29 is 0 Å². The Kier molecular flexibility index (Phi) is 4.80. The third-order valence-electron chi connectivity index (χ3n) is 6.36. The second-order valence-corrected chi connectivity index (χ2v) is 8.87. The average molecular weight is 439 g/mol. The molecule has 8 nitrogen and oxygen atoms in total. The number of anilines is 1. The predicted octanol–water partition coefficient (Wildman–Crippen LogP) is 4.23. The van der Waals surface area contributed by atoms with E-state index in [2.05, 4.69) is 68.3 Å². The van der Waals surface area contributed by atoms with E-state index in [0.717, 1.165) is 83.0 Å². The molecule has 0 unspecified atom stereocenters. The zero-order valence-corrected chi connectivity index (χ0v) is 18.8.